The fourth-order valence-electron chi connectivity index (χ4n) is 3.62. The monoisotopic (exact) mass is 432 g/mol. The number of benzene rings is 3. The minimum atomic E-state index is -4.82. The van der Waals surface area contributed by atoms with Crippen molar-refractivity contribution >= 4 is 18.8 Å². The standard InChI is InChI=1S/C24H21F4OP/c1-15-12-16(2)19(17(3)13-15)14-30(18-8-5-4-6-9-18)23(29)22-20(24(26,27)28)10-7-11-21(22)25/h4-13H,14H2,1-3H3. The molecule has 0 heterocycles. The lowest BCUT2D eigenvalue weighted by molar-refractivity contribution is -0.138. The zero-order chi connectivity index (χ0) is 22.1. The molecule has 1 nitrogen and oxygen atoms in total. The van der Waals surface area contributed by atoms with Crippen LogP contribution < -0.4 is 5.30 Å². The van der Waals surface area contributed by atoms with Gasteiger partial charge in [0.1, 0.15) is 5.82 Å². The van der Waals surface area contributed by atoms with E-state index in [0.717, 1.165) is 40.5 Å². The van der Waals surface area contributed by atoms with Crippen molar-refractivity contribution in [1.29, 1.82) is 0 Å². The summed E-state index contributed by atoms with van der Waals surface area (Å²) in [6.07, 6.45) is -4.57. The molecule has 0 saturated heterocycles. The molecule has 3 aromatic carbocycles. The van der Waals surface area contributed by atoms with Crippen LogP contribution in [0.25, 0.3) is 0 Å². The third-order valence-electron chi connectivity index (χ3n) is 5.00. The topological polar surface area (TPSA) is 17.1 Å². The largest absolute Gasteiger partial charge is 0.417 e. The highest BCUT2D eigenvalue weighted by Crippen LogP contribution is 2.46. The summed E-state index contributed by atoms with van der Waals surface area (Å²) in [4.78, 5) is 13.4. The molecule has 3 aromatic rings. The molecule has 0 N–H and O–H groups in total. The second-order valence-electron chi connectivity index (χ2n) is 7.26. The van der Waals surface area contributed by atoms with Crippen LogP contribution in [-0.2, 0) is 12.3 Å². The van der Waals surface area contributed by atoms with Gasteiger partial charge in [0.2, 0.25) is 0 Å². The fourth-order valence-corrected chi connectivity index (χ4v) is 6.02. The summed E-state index contributed by atoms with van der Waals surface area (Å²) < 4.78 is 55.2. The lowest BCUT2D eigenvalue weighted by atomic mass is 10.0. The fraction of sp³-hybridized carbons (Fsp3) is 0.208. The maximum absolute atomic E-state index is 14.5. The van der Waals surface area contributed by atoms with Crippen LogP contribution in [0.1, 0.15) is 38.2 Å². The summed E-state index contributed by atoms with van der Waals surface area (Å²) >= 11 is 0. The maximum Gasteiger partial charge on any atom is 0.417 e. The van der Waals surface area contributed by atoms with Gasteiger partial charge in [-0.2, -0.15) is 13.2 Å². The number of carbonyl (C=O) groups is 1. The van der Waals surface area contributed by atoms with Crippen LogP contribution in [-0.4, -0.2) is 5.52 Å². The van der Waals surface area contributed by atoms with E-state index >= 15 is 0 Å². The van der Waals surface area contributed by atoms with Crippen molar-refractivity contribution < 1.29 is 22.4 Å². The second kappa shape index (κ2) is 8.69. The third-order valence-corrected chi connectivity index (χ3v) is 7.27. The maximum atomic E-state index is 14.5. The van der Waals surface area contributed by atoms with Crippen LogP contribution in [0.15, 0.2) is 60.7 Å². The van der Waals surface area contributed by atoms with E-state index in [9.17, 15) is 22.4 Å². The molecule has 0 aromatic heterocycles. The zero-order valence-corrected chi connectivity index (χ0v) is 17.7. The van der Waals surface area contributed by atoms with Crippen molar-refractivity contribution in [3.8, 4) is 0 Å². The minimum absolute atomic E-state index is 0.252. The Bertz CT molecular complexity index is 1050. The van der Waals surface area contributed by atoms with Gasteiger partial charge in [-0.3, -0.25) is 4.79 Å². The molecule has 0 spiro atoms. The Morgan fingerprint density at radius 2 is 1.50 bits per heavy atom. The molecule has 156 valence electrons. The van der Waals surface area contributed by atoms with E-state index in [2.05, 4.69) is 0 Å². The van der Waals surface area contributed by atoms with Gasteiger partial charge in [-0.25, -0.2) is 4.39 Å². The van der Waals surface area contributed by atoms with Gasteiger partial charge in [0.15, 0.2) is 5.52 Å². The number of alkyl halides is 3. The molecule has 6 heteroatoms. The average Bonchev–Trinajstić information content (AvgIpc) is 2.67. The van der Waals surface area contributed by atoms with Crippen LogP contribution in [0.2, 0.25) is 0 Å². The molecule has 3 rings (SSSR count). The van der Waals surface area contributed by atoms with Gasteiger partial charge in [0.25, 0.3) is 0 Å². The Labute approximate surface area is 174 Å². The summed E-state index contributed by atoms with van der Waals surface area (Å²) in [6.45, 7) is 5.80. The minimum Gasteiger partial charge on any atom is -0.289 e. The molecule has 0 aliphatic rings. The normalized spacial score (nSPS) is 12.6. The first kappa shape index (κ1) is 22.2. The molecule has 0 aliphatic heterocycles. The summed E-state index contributed by atoms with van der Waals surface area (Å²) in [7, 11) is -1.77. The molecule has 0 saturated carbocycles. The van der Waals surface area contributed by atoms with Gasteiger partial charge in [0, 0.05) is 14.1 Å². The Balaban J connectivity index is 2.16. The molecule has 30 heavy (non-hydrogen) atoms. The molecular formula is C24H21F4OP. The van der Waals surface area contributed by atoms with Crippen molar-refractivity contribution in [3.63, 3.8) is 0 Å². The van der Waals surface area contributed by atoms with Gasteiger partial charge in [-0.15, -0.1) is 0 Å². The van der Waals surface area contributed by atoms with E-state index < -0.39 is 36.6 Å². The van der Waals surface area contributed by atoms with Gasteiger partial charge >= 0.3 is 6.18 Å². The SMILES string of the molecule is Cc1cc(C)c(CP(C(=O)c2c(F)cccc2C(F)(F)F)c2ccccc2)c(C)c1. The molecule has 1 atom stereocenters. The summed E-state index contributed by atoms with van der Waals surface area (Å²) in [5.74, 6) is -1.14. The number of carbonyl (C=O) groups excluding carboxylic acids is 1. The first-order valence-electron chi connectivity index (χ1n) is 9.39. The predicted octanol–water partition coefficient (Wildman–Crippen LogP) is 6.92. The van der Waals surface area contributed by atoms with Gasteiger partial charge in [0.05, 0.1) is 11.1 Å². The van der Waals surface area contributed by atoms with Crippen molar-refractivity contribution in [2.24, 2.45) is 0 Å². The molecule has 0 aliphatic carbocycles. The van der Waals surface area contributed by atoms with E-state index in [1.54, 1.807) is 30.3 Å². The van der Waals surface area contributed by atoms with E-state index in [1.165, 1.54) is 0 Å². The Kier molecular flexibility index (Phi) is 6.42. The lowest BCUT2D eigenvalue weighted by Crippen LogP contribution is -2.18. The number of rotatable bonds is 5. The summed E-state index contributed by atoms with van der Waals surface area (Å²) in [5.41, 5.74) is 1.00. The van der Waals surface area contributed by atoms with Gasteiger partial charge in [-0.05, 0) is 54.9 Å². The van der Waals surface area contributed by atoms with Crippen LogP contribution in [0.4, 0.5) is 17.6 Å². The first-order chi connectivity index (χ1) is 14.1. The second-order valence-corrected chi connectivity index (χ2v) is 9.36. The van der Waals surface area contributed by atoms with E-state index in [1.807, 2.05) is 32.9 Å². The summed E-state index contributed by atoms with van der Waals surface area (Å²) in [5, 5.41) is 0.619. The van der Waals surface area contributed by atoms with E-state index in [4.69, 9.17) is 0 Å². The summed E-state index contributed by atoms with van der Waals surface area (Å²) in [6, 6.07) is 15.3. The lowest BCUT2D eigenvalue weighted by Gasteiger charge is -2.22. The smallest absolute Gasteiger partial charge is 0.289 e. The van der Waals surface area contributed by atoms with Crippen molar-refractivity contribution in [2.45, 2.75) is 33.1 Å². The van der Waals surface area contributed by atoms with Gasteiger partial charge in [-0.1, -0.05) is 54.1 Å². The van der Waals surface area contributed by atoms with Crippen LogP contribution >= 0.6 is 7.92 Å². The molecule has 0 bridgehead atoms. The average molecular weight is 432 g/mol. The van der Waals surface area contributed by atoms with Crippen LogP contribution in [0, 0.1) is 26.6 Å². The number of hydrogen-bond donors (Lipinski definition) is 0. The van der Waals surface area contributed by atoms with Crippen molar-refractivity contribution in [1.82, 2.24) is 0 Å². The Morgan fingerprint density at radius 1 is 0.900 bits per heavy atom. The molecule has 0 fully saturated rings. The zero-order valence-electron chi connectivity index (χ0n) is 16.8. The van der Waals surface area contributed by atoms with Crippen molar-refractivity contribution in [3.05, 3.63) is 99.9 Å². The van der Waals surface area contributed by atoms with Crippen molar-refractivity contribution in [2.75, 3.05) is 0 Å². The van der Waals surface area contributed by atoms with Gasteiger partial charge < -0.3 is 0 Å². The Morgan fingerprint density at radius 3 is 2.07 bits per heavy atom. The quantitative estimate of drug-likeness (QED) is 0.316. The first-order valence-corrected chi connectivity index (χ1v) is 10.9. The highest BCUT2D eigenvalue weighted by Gasteiger charge is 2.38. The Hall–Kier alpha value is -2.52. The molecule has 0 amide bonds. The van der Waals surface area contributed by atoms with E-state index in [-0.39, 0.29) is 6.16 Å². The highest BCUT2D eigenvalue weighted by molar-refractivity contribution is 7.81. The predicted molar refractivity (Wildman–Crippen MR) is 113 cm³/mol. The van der Waals surface area contributed by atoms with Crippen LogP contribution in [0.3, 0.4) is 0 Å². The van der Waals surface area contributed by atoms with Crippen LogP contribution in [0.5, 0.6) is 0 Å². The molecule has 1 unspecified atom stereocenters. The van der Waals surface area contributed by atoms with E-state index in [0.29, 0.717) is 5.30 Å². The number of hydrogen-bond acceptors (Lipinski definition) is 1. The third kappa shape index (κ3) is 4.62. The highest BCUT2D eigenvalue weighted by atomic mass is 31.1. The molecule has 0 radical (unpaired) electrons. The number of halogens is 4. The number of aryl methyl sites for hydroxylation is 3. The molecular weight excluding hydrogens is 411 g/mol.